The first-order chi connectivity index (χ1) is 9.47. The molecule has 0 aliphatic heterocycles. The Bertz CT molecular complexity index is 719. The summed E-state index contributed by atoms with van der Waals surface area (Å²) in [7, 11) is 0. The van der Waals surface area contributed by atoms with Gasteiger partial charge in [0.15, 0.2) is 5.78 Å². The third-order valence-electron chi connectivity index (χ3n) is 2.53. The van der Waals surface area contributed by atoms with Crippen molar-refractivity contribution in [2.45, 2.75) is 6.92 Å². The maximum absolute atomic E-state index is 11.9. The summed E-state index contributed by atoms with van der Waals surface area (Å²) in [5, 5.41) is 8.59. The fraction of sp³-hybridized carbons (Fsp3) is 0.0769. The molecule has 102 valence electrons. The number of benzene rings is 1. The largest absolute Gasteiger partial charge is 0.319 e. The molecule has 1 heterocycles. The maximum atomic E-state index is 11.9. The summed E-state index contributed by atoms with van der Waals surface area (Å²) in [6, 6.07) is 7.05. The fourth-order valence-corrected chi connectivity index (χ4v) is 1.66. The number of anilines is 1. The van der Waals surface area contributed by atoms with Crippen LogP contribution in [0.2, 0.25) is 5.02 Å². The molecule has 0 aliphatic rings. The molecule has 0 bridgehead atoms. The van der Waals surface area contributed by atoms with E-state index in [0.717, 1.165) is 0 Å². The van der Waals surface area contributed by atoms with E-state index < -0.39 is 11.5 Å². The van der Waals surface area contributed by atoms with Gasteiger partial charge in [0.2, 0.25) is 0 Å². The summed E-state index contributed by atoms with van der Waals surface area (Å²) in [4.78, 5) is 34.1. The van der Waals surface area contributed by atoms with E-state index in [9.17, 15) is 14.4 Å². The van der Waals surface area contributed by atoms with E-state index in [1.165, 1.54) is 31.2 Å². The van der Waals surface area contributed by atoms with Gasteiger partial charge in [0.1, 0.15) is 5.69 Å². The van der Waals surface area contributed by atoms with Gasteiger partial charge in [-0.1, -0.05) is 11.6 Å². The Morgan fingerprint density at radius 1 is 1.25 bits per heavy atom. The maximum Gasteiger partial charge on any atom is 0.276 e. The van der Waals surface area contributed by atoms with E-state index in [2.05, 4.69) is 15.5 Å². The molecular formula is C13H10ClN3O3. The van der Waals surface area contributed by atoms with Gasteiger partial charge in [0, 0.05) is 11.6 Å². The highest BCUT2D eigenvalue weighted by molar-refractivity contribution is 6.34. The van der Waals surface area contributed by atoms with Crippen molar-refractivity contribution in [3.63, 3.8) is 0 Å². The lowest BCUT2D eigenvalue weighted by molar-refractivity contribution is 0.100. The number of halogens is 1. The summed E-state index contributed by atoms with van der Waals surface area (Å²) in [5.74, 6) is -0.678. The monoisotopic (exact) mass is 291 g/mol. The number of Topliss-reactive ketones (excluding diaryl/α,β-unsaturated/α-hetero) is 1. The van der Waals surface area contributed by atoms with Crippen LogP contribution in [0.25, 0.3) is 0 Å². The molecule has 6 nitrogen and oxygen atoms in total. The predicted octanol–water partition coefficient (Wildman–Crippen LogP) is 1.88. The van der Waals surface area contributed by atoms with Gasteiger partial charge in [-0.05, 0) is 31.2 Å². The average Bonchev–Trinajstić information content (AvgIpc) is 2.41. The SMILES string of the molecule is CC(=O)c1ccc(Cl)c(NC(=O)c2ccc(=O)[nH]n2)c1. The molecule has 0 spiro atoms. The van der Waals surface area contributed by atoms with Crippen LogP contribution in [0.3, 0.4) is 0 Å². The molecule has 2 N–H and O–H groups in total. The van der Waals surface area contributed by atoms with Crippen LogP contribution >= 0.6 is 11.6 Å². The number of hydrogen-bond acceptors (Lipinski definition) is 4. The Morgan fingerprint density at radius 2 is 2.00 bits per heavy atom. The Hall–Kier alpha value is -2.47. The number of carbonyl (C=O) groups excluding carboxylic acids is 2. The minimum atomic E-state index is -0.538. The van der Waals surface area contributed by atoms with E-state index in [4.69, 9.17) is 11.6 Å². The Labute approximate surface area is 118 Å². The number of rotatable bonds is 3. The van der Waals surface area contributed by atoms with Gasteiger partial charge < -0.3 is 5.32 Å². The quantitative estimate of drug-likeness (QED) is 0.845. The summed E-state index contributed by atoms with van der Waals surface area (Å²) in [6.45, 7) is 1.42. The van der Waals surface area contributed by atoms with Crippen LogP contribution < -0.4 is 10.9 Å². The average molecular weight is 292 g/mol. The van der Waals surface area contributed by atoms with E-state index in [1.807, 2.05) is 0 Å². The molecule has 7 heteroatoms. The normalized spacial score (nSPS) is 10.1. The third kappa shape index (κ3) is 3.10. The molecule has 20 heavy (non-hydrogen) atoms. The lowest BCUT2D eigenvalue weighted by Gasteiger charge is -2.07. The molecule has 1 aromatic heterocycles. The first-order valence-corrected chi connectivity index (χ1v) is 6.03. The summed E-state index contributed by atoms with van der Waals surface area (Å²) >= 11 is 5.95. The topological polar surface area (TPSA) is 91.9 Å². The second-order valence-electron chi connectivity index (χ2n) is 4.01. The van der Waals surface area contributed by atoms with Gasteiger partial charge in [0.05, 0.1) is 10.7 Å². The minimum absolute atomic E-state index is 0.0360. The summed E-state index contributed by atoms with van der Waals surface area (Å²) < 4.78 is 0. The first-order valence-electron chi connectivity index (χ1n) is 5.65. The standard InChI is InChI=1S/C13H10ClN3O3/c1-7(18)8-2-3-9(14)11(6-8)15-13(20)10-4-5-12(19)17-16-10/h2-6H,1H3,(H,15,20)(H,17,19). The Balaban J connectivity index is 2.27. The van der Waals surface area contributed by atoms with Crippen molar-refractivity contribution in [2.75, 3.05) is 5.32 Å². The van der Waals surface area contributed by atoms with Crippen molar-refractivity contribution in [2.24, 2.45) is 0 Å². The van der Waals surface area contributed by atoms with Crippen molar-refractivity contribution in [1.29, 1.82) is 0 Å². The Kier molecular flexibility index (Phi) is 3.95. The highest BCUT2D eigenvalue weighted by Crippen LogP contribution is 2.23. The first kappa shape index (κ1) is 14.0. The second kappa shape index (κ2) is 5.66. The van der Waals surface area contributed by atoms with Crippen LogP contribution in [-0.2, 0) is 0 Å². The number of H-pyrrole nitrogens is 1. The van der Waals surface area contributed by atoms with Crippen LogP contribution in [0, 0.1) is 0 Å². The summed E-state index contributed by atoms with van der Waals surface area (Å²) in [6.07, 6.45) is 0. The zero-order valence-corrected chi connectivity index (χ0v) is 11.2. The van der Waals surface area contributed by atoms with Crippen LogP contribution in [-0.4, -0.2) is 21.9 Å². The number of hydrogen-bond donors (Lipinski definition) is 2. The number of ketones is 1. The van der Waals surface area contributed by atoms with Crippen molar-refractivity contribution in [1.82, 2.24) is 10.2 Å². The molecule has 0 fully saturated rings. The smallest absolute Gasteiger partial charge is 0.276 e. The van der Waals surface area contributed by atoms with E-state index in [0.29, 0.717) is 16.3 Å². The van der Waals surface area contributed by atoms with E-state index >= 15 is 0 Å². The molecule has 2 aromatic rings. The molecule has 1 amide bonds. The predicted molar refractivity (Wildman–Crippen MR) is 74.3 cm³/mol. The molecule has 0 radical (unpaired) electrons. The van der Waals surface area contributed by atoms with E-state index in [1.54, 1.807) is 6.07 Å². The number of carbonyl (C=O) groups is 2. The number of amides is 1. The highest BCUT2D eigenvalue weighted by Gasteiger charge is 2.11. The second-order valence-corrected chi connectivity index (χ2v) is 4.42. The van der Waals surface area contributed by atoms with Gasteiger partial charge in [-0.3, -0.25) is 14.4 Å². The van der Waals surface area contributed by atoms with Gasteiger partial charge >= 0.3 is 0 Å². The van der Waals surface area contributed by atoms with Crippen LogP contribution in [0.4, 0.5) is 5.69 Å². The van der Waals surface area contributed by atoms with Gasteiger partial charge in [-0.15, -0.1) is 0 Å². The zero-order chi connectivity index (χ0) is 14.7. The minimum Gasteiger partial charge on any atom is -0.319 e. The lowest BCUT2D eigenvalue weighted by Crippen LogP contribution is -2.17. The van der Waals surface area contributed by atoms with Crippen molar-refractivity contribution >= 4 is 29.0 Å². The van der Waals surface area contributed by atoms with Crippen LogP contribution in [0.15, 0.2) is 35.1 Å². The van der Waals surface area contributed by atoms with Crippen molar-refractivity contribution < 1.29 is 9.59 Å². The van der Waals surface area contributed by atoms with Gasteiger partial charge in [-0.25, -0.2) is 5.10 Å². The molecule has 0 aliphatic carbocycles. The zero-order valence-electron chi connectivity index (χ0n) is 10.4. The number of aromatic nitrogens is 2. The lowest BCUT2D eigenvalue weighted by atomic mass is 10.1. The van der Waals surface area contributed by atoms with Crippen molar-refractivity contribution in [3.8, 4) is 0 Å². The number of aromatic amines is 1. The summed E-state index contributed by atoms with van der Waals surface area (Å²) in [5.41, 5.74) is 0.364. The van der Waals surface area contributed by atoms with Gasteiger partial charge in [0.25, 0.3) is 11.5 Å². The third-order valence-corrected chi connectivity index (χ3v) is 2.86. The van der Waals surface area contributed by atoms with Gasteiger partial charge in [-0.2, -0.15) is 5.10 Å². The number of nitrogens with one attached hydrogen (secondary N) is 2. The Morgan fingerprint density at radius 3 is 2.60 bits per heavy atom. The molecule has 1 aromatic carbocycles. The number of nitrogens with zero attached hydrogens (tertiary/aromatic N) is 1. The molecule has 0 atom stereocenters. The fourth-order valence-electron chi connectivity index (χ4n) is 1.50. The molecule has 0 saturated heterocycles. The van der Waals surface area contributed by atoms with Crippen LogP contribution in [0.5, 0.6) is 0 Å². The molecule has 0 unspecified atom stereocenters. The van der Waals surface area contributed by atoms with Crippen LogP contribution in [0.1, 0.15) is 27.8 Å². The van der Waals surface area contributed by atoms with E-state index in [-0.39, 0.29) is 11.5 Å². The highest BCUT2D eigenvalue weighted by atomic mass is 35.5. The molecule has 2 rings (SSSR count). The van der Waals surface area contributed by atoms with Crippen molar-refractivity contribution in [3.05, 3.63) is 57.0 Å². The molecular weight excluding hydrogens is 282 g/mol. The molecule has 0 saturated carbocycles.